The van der Waals surface area contributed by atoms with Crippen LogP contribution >= 0.6 is 0 Å². The molecular formula is C34H61N3O7Si2. The summed E-state index contributed by atoms with van der Waals surface area (Å²) in [5, 5.41) is 5.65. The number of amides is 3. The SMILES string of the molecule is COCC(=O)N[C@@H](C(=O)N1[C@H](CO[Si](C)(C)C(C)(C)C)CCCN1C(=O)OCc1ccccc1)[C@H](O[Si](C)(C)C(C)(C)C)C(C)C. The van der Waals surface area contributed by atoms with Gasteiger partial charge in [-0.1, -0.05) is 85.7 Å². The van der Waals surface area contributed by atoms with Crippen molar-refractivity contribution in [3.63, 3.8) is 0 Å². The molecule has 2 rings (SSSR count). The number of nitrogens with one attached hydrogen (secondary N) is 1. The molecule has 1 N–H and O–H groups in total. The lowest BCUT2D eigenvalue weighted by Gasteiger charge is -2.48. The van der Waals surface area contributed by atoms with E-state index < -0.39 is 52.7 Å². The molecule has 0 saturated carbocycles. The second kappa shape index (κ2) is 16.2. The van der Waals surface area contributed by atoms with Gasteiger partial charge >= 0.3 is 6.09 Å². The molecule has 1 saturated heterocycles. The van der Waals surface area contributed by atoms with Gasteiger partial charge in [0.15, 0.2) is 16.6 Å². The molecule has 0 aliphatic carbocycles. The van der Waals surface area contributed by atoms with Gasteiger partial charge in [-0.15, -0.1) is 0 Å². The van der Waals surface area contributed by atoms with Gasteiger partial charge in [-0.05, 0) is 60.6 Å². The van der Waals surface area contributed by atoms with Gasteiger partial charge in [0.05, 0.1) is 18.8 Å². The van der Waals surface area contributed by atoms with Crippen molar-refractivity contribution < 1.29 is 32.7 Å². The molecule has 3 amide bonds. The van der Waals surface area contributed by atoms with Crippen molar-refractivity contribution in [1.82, 2.24) is 15.3 Å². The van der Waals surface area contributed by atoms with Gasteiger partial charge in [-0.2, -0.15) is 0 Å². The second-order valence-corrected chi connectivity index (χ2v) is 25.3. The lowest BCUT2D eigenvalue weighted by Crippen LogP contribution is -2.67. The van der Waals surface area contributed by atoms with E-state index in [1.54, 1.807) is 0 Å². The smallest absolute Gasteiger partial charge is 0.429 e. The molecule has 0 aromatic heterocycles. The van der Waals surface area contributed by atoms with Crippen LogP contribution in [0.15, 0.2) is 30.3 Å². The largest absolute Gasteiger partial charge is 0.443 e. The van der Waals surface area contributed by atoms with Crippen molar-refractivity contribution in [2.45, 2.75) is 129 Å². The Labute approximate surface area is 280 Å². The minimum atomic E-state index is -2.40. The Morgan fingerprint density at radius 3 is 2.07 bits per heavy atom. The summed E-state index contributed by atoms with van der Waals surface area (Å²) in [6.45, 7) is 25.9. The normalized spacial score (nSPS) is 17.9. The summed E-state index contributed by atoms with van der Waals surface area (Å²) in [6, 6.07) is 7.92. The zero-order valence-corrected chi connectivity index (χ0v) is 32.7. The fourth-order valence-electron chi connectivity index (χ4n) is 4.73. The van der Waals surface area contributed by atoms with E-state index in [0.29, 0.717) is 19.4 Å². The van der Waals surface area contributed by atoms with E-state index in [4.69, 9.17) is 18.3 Å². The van der Waals surface area contributed by atoms with E-state index in [9.17, 15) is 14.4 Å². The molecule has 1 fully saturated rings. The summed E-state index contributed by atoms with van der Waals surface area (Å²) in [7, 11) is -3.16. The molecule has 46 heavy (non-hydrogen) atoms. The molecule has 0 bridgehead atoms. The number of hydrogen-bond acceptors (Lipinski definition) is 7. The zero-order chi connectivity index (χ0) is 35.1. The van der Waals surface area contributed by atoms with Crippen LogP contribution in [0.5, 0.6) is 0 Å². The molecule has 12 heteroatoms. The van der Waals surface area contributed by atoms with E-state index >= 15 is 0 Å². The van der Waals surface area contributed by atoms with Crippen molar-refractivity contribution in [1.29, 1.82) is 0 Å². The number of carbonyl (C=O) groups is 3. The number of rotatable bonds is 13. The molecule has 1 heterocycles. The third kappa shape index (κ3) is 10.6. The van der Waals surface area contributed by atoms with Crippen LogP contribution in [-0.2, 0) is 34.5 Å². The average Bonchev–Trinajstić information content (AvgIpc) is 2.95. The van der Waals surface area contributed by atoms with Gasteiger partial charge in [0, 0.05) is 13.7 Å². The van der Waals surface area contributed by atoms with Crippen LogP contribution in [0.1, 0.15) is 73.8 Å². The van der Waals surface area contributed by atoms with Crippen LogP contribution in [0.25, 0.3) is 0 Å². The Balaban J connectivity index is 2.59. The molecule has 10 nitrogen and oxygen atoms in total. The van der Waals surface area contributed by atoms with Gasteiger partial charge in [0.2, 0.25) is 5.91 Å². The first kappa shape index (κ1) is 39.9. The van der Waals surface area contributed by atoms with Gasteiger partial charge in [-0.25, -0.2) is 14.8 Å². The van der Waals surface area contributed by atoms with E-state index in [1.165, 1.54) is 17.1 Å². The van der Waals surface area contributed by atoms with Gasteiger partial charge in [0.1, 0.15) is 19.3 Å². The number of hydrogen-bond donors (Lipinski definition) is 1. The van der Waals surface area contributed by atoms with Crippen LogP contribution in [0.2, 0.25) is 36.3 Å². The highest BCUT2D eigenvalue weighted by Gasteiger charge is 2.48. The molecule has 1 aliphatic rings. The molecule has 3 atom stereocenters. The highest BCUT2D eigenvalue weighted by atomic mass is 28.4. The molecular weight excluding hydrogens is 619 g/mol. The number of hydrazine groups is 1. The maximum Gasteiger partial charge on any atom is 0.429 e. The summed E-state index contributed by atoms with van der Waals surface area (Å²) in [4.78, 5) is 41.8. The Morgan fingerprint density at radius 2 is 1.54 bits per heavy atom. The third-order valence-corrected chi connectivity index (χ3v) is 18.7. The highest BCUT2D eigenvalue weighted by molar-refractivity contribution is 6.74. The molecule has 1 aromatic carbocycles. The topological polar surface area (TPSA) is 107 Å². The quantitative estimate of drug-likeness (QED) is 0.231. The monoisotopic (exact) mass is 679 g/mol. The summed E-state index contributed by atoms with van der Waals surface area (Å²) in [5.41, 5.74) is 0.843. The van der Waals surface area contributed by atoms with Crippen molar-refractivity contribution in [3.05, 3.63) is 35.9 Å². The summed E-state index contributed by atoms with van der Waals surface area (Å²) >= 11 is 0. The van der Waals surface area contributed by atoms with Crippen LogP contribution in [-0.4, -0.2) is 89.6 Å². The molecule has 1 aromatic rings. The standard InChI is InChI=1S/C34H61N3O7Si2/c1-25(2)30(44-46(12,13)34(6,7)8)29(35-28(38)24-41-9)31(39)37-27(23-43-45(10,11)33(3,4)5)20-17-21-36(37)32(40)42-22-26-18-15-14-16-19-26/h14-16,18-19,25,27,29-30H,17,20-24H2,1-13H3,(H,35,38)/t27-,29+,30+/m0/s1. The maximum absolute atomic E-state index is 15.0. The van der Waals surface area contributed by atoms with Crippen LogP contribution < -0.4 is 5.32 Å². The number of nitrogens with zero attached hydrogens (tertiary/aromatic N) is 2. The van der Waals surface area contributed by atoms with E-state index in [1.807, 2.05) is 44.2 Å². The zero-order valence-electron chi connectivity index (χ0n) is 30.7. The first-order chi connectivity index (χ1) is 21.1. The second-order valence-electron chi connectivity index (χ2n) is 15.8. The summed E-state index contributed by atoms with van der Waals surface area (Å²) < 4.78 is 24.4. The van der Waals surface area contributed by atoms with Crippen molar-refractivity contribution >= 4 is 34.5 Å². The molecule has 262 valence electrons. The van der Waals surface area contributed by atoms with E-state index in [-0.39, 0.29) is 35.8 Å². The third-order valence-electron chi connectivity index (χ3n) is 9.68. The fraction of sp³-hybridized carbons (Fsp3) is 0.735. The minimum absolute atomic E-state index is 0.0405. The first-order valence-corrected chi connectivity index (χ1v) is 22.4. The Morgan fingerprint density at radius 1 is 0.957 bits per heavy atom. The highest BCUT2D eigenvalue weighted by Crippen LogP contribution is 2.39. The molecule has 0 radical (unpaired) electrons. The van der Waals surface area contributed by atoms with E-state index in [0.717, 1.165) is 5.56 Å². The van der Waals surface area contributed by atoms with Gasteiger partial charge in [-0.3, -0.25) is 9.59 Å². The summed E-state index contributed by atoms with van der Waals surface area (Å²) in [5.74, 6) is -0.993. The Hall–Kier alpha value is -2.26. The predicted octanol–water partition coefficient (Wildman–Crippen LogP) is 6.73. The number of ether oxygens (including phenoxy) is 2. The number of carbonyl (C=O) groups excluding carboxylic acids is 3. The minimum Gasteiger partial charge on any atom is -0.443 e. The predicted molar refractivity (Wildman–Crippen MR) is 187 cm³/mol. The van der Waals surface area contributed by atoms with Crippen LogP contribution in [0.3, 0.4) is 0 Å². The Kier molecular flexibility index (Phi) is 14.1. The van der Waals surface area contributed by atoms with Crippen LogP contribution in [0, 0.1) is 5.92 Å². The molecule has 0 unspecified atom stereocenters. The van der Waals surface area contributed by atoms with Crippen molar-refractivity contribution in [2.24, 2.45) is 5.92 Å². The fourth-order valence-corrected chi connectivity index (χ4v) is 7.21. The number of methoxy groups -OCH3 is 1. The molecule has 1 aliphatic heterocycles. The molecule has 0 spiro atoms. The lowest BCUT2D eigenvalue weighted by molar-refractivity contribution is -0.166. The van der Waals surface area contributed by atoms with Gasteiger partial charge in [0.25, 0.3) is 5.91 Å². The Bertz CT molecular complexity index is 1150. The first-order valence-electron chi connectivity index (χ1n) is 16.5. The van der Waals surface area contributed by atoms with E-state index in [2.05, 4.69) is 73.0 Å². The lowest BCUT2D eigenvalue weighted by atomic mass is 9.97. The average molecular weight is 680 g/mol. The summed E-state index contributed by atoms with van der Waals surface area (Å²) in [6.07, 6.45) is 0.0320. The van der Waals surface area contributed by atoms with Crippen molar-refractivity contribution in [3.8, 4) is 0 Å². The maximum atomic E-state index is 15.0. The van der Waals surface area contributed by atoms with Gasteiger partial charge < -0.3 is 23.6 Å². The number of benzene rings is 1. The van der Waals surface area contributed by atoms with Crippen molar-refractivity contribution in [2.75, 3.05) is 26.9 Å². The van der Waals surface area contributed by atoms with Crippen LogP contribution in [0.4, 0.5) is 4.79 Å².